The van der Waals surface area contributed by atoms with E-state index in [2.05, 4.69) is 26.3 Å². The van der Waals surface area contributed by atoms with Gasteiger partial charge in [0.15, 0.2) is 0 Å². The molecule has 17 heavy (non-hydrogen) atoms. The fourth-order valence-corrected chi connectivity index (χ4v) is 3.11. The van der Waals surface area contributed by atoms with E-state index in [0.717, 1.165) is 35.3 Å². The lowest BCUT2D eigenvalue weighted by Crippen LogP contribution is -2.42. The summed E-state index contributed by atoms with van der Waals surface area (Å²) in [6.07, 6.45) is 5.62. The molecule has 0 saturated carbocycles. The predicted octanol–water partition coefficient (Wildman–Crippen LogP) is 1.18. The Labute approximate surface area is 104 Å². The molecule has 2 N–H and O–H groups in total. The van der Waals surface area contributed by atoms with E-state index in [-0.39, 0.29) is 6.04 Å². The molecule has 90 valence electrons. The van der Waals surface area contributed by atoms with Crippen LogP contribution in [0.4, 0.5) is 0 Å². The maximum atomic E-state index is 5.97. The Bertz CT molecular complexity index is 525. The van der Waals surface area contributed by atoms with Crippen LogP contribution in [0.1, 0.15) is 24.6 Å². The fraction of sp³-hybridized carbons (Fsp3) is 0.545. The topological polar surface area (TPSA) is 67.9 Å². The molecule has 2 unspecified atom stereocenters. The molecule has 1 aliphatic rings. The van der Waals surface area contributed by atoms with Crippen LogP contribution in [0, 0.1) is 0 Å². The van der Waals surface area contributed by atoms with Gasteiger partial charge in [0.2, 0.25) is 0 Å². The van der Waals surface area contributed by atoms with Gasteiger partial charge in [0.05, 0.1) is 23.3 Å². The molecule has 0 aliphatic carbocycles. The monoisotopic (exact) mass is 249 g/mol. The summed E-state index contributed by atoms with van der Waals surface area (Å²) in [5.74, 6) is 0. The molecule has 2 aromatic heterocycles. The average Bonchev–Trinajstić information content (AvgIpc) is 2.77. The number of nitrogens with zero attached hydrogens (tertiary/aromatic N) is 4. The van der Waals surface area contributed by atoms with E-state index in [1.54, 1.807) is 6.33 Å². The van der Waals surface area contributed by atoms with Crippen LogP contribution in [0.25, 0.3) is 10.2 Å². The van der Waals surface area contributed by atoms with Crippen LogP contribution in [0.3, 0.4) is 0 Å². The first-order chi connectivity index (χ1) is 8.25. The number of likely N-dealkylation sites (N-methyl/N-ethyl adjacent to an activating group) is 1. The Morgan fingerprint density at radius 3 is 3.12 bits per heavy atom. The number of nitrogens with two attached hydrogens (primary N) is 1. The molecule has 1 fully saturated rings. The maximum Gasteiger partial charge on any atom is 0.147 e. The quantitative estimate of drug-likeness (QED) is 0.822. The van der Waals surface area contributed by atoms with Crippen LogP contribution in [0.2, 0.25) is 0 Å². The molecular weight excluding hydrogens is 234 g/mol. The molecule has 3 rings (SSSR count). The maximum absolute atomic E-state index is 5.97. The summed E-state index contributed by atoms with van der Waals surface area (Å²) in [6.45, 7) is 0.924. The summed E-state index contributed by atoms with van der Waals surface area (Å²) in [5.41, 5.74) is 7.07. The summed E-state index contributed by atoms with van der Waals surface area (Å²) in [6, 6.07) is 0.630. The summed E-state index contributed by atoms with van der Waals surface area (Å²) in [4.78, 5) is 11.9. The Morgan fingerprint density at radius 1 is 1.41 bits per heavy atom. The third kappa shape index (κ3) is 1.92. The largest absolute Gasteiger partial charge is 0.327 e. The van der Waals surface area contributed by atoms with E-state index in [1.165, 1.54) is 11.5 Å². The number of rotatable bonds is 1. The third-order valence-electron chi connectivity index (χ3n) is 3.38. The van der Waals surface area contributed by atoms with Gasteiger partial charge in [0.1, 0.15) is 11.2 Å². The van der Waals surface area contributed by atoms with Gasteiger partial charge in [-0.15, -0.1) is 0 Å². The summed E-state index contributed by atoms with van der Waals surface area (Å²) < 4.78 is 4.19. The number of aromatic nitrogens is 3. The van der Waals surface area contributed by atoms with E-state index >= 15 is 0 Å². The second-order valence-corrected chi connectivity index (χ2v) is 5.38. The van der Waals surface area contributed by atoms with E-state index in [0.29, 0.717) is 6.04 Å². The van der Waals surface area contributed by atoms with Crippen LogP contribution in [0.15, 0.2) is 12.5 Å². The highest BCUT2D eigenvalue weighted by atomic mass is 32.1. The molecule has 0 bridgehead atoms. The van der Waals surface area contributed by atoms with E-state index in [9.17, 15) is 0 Å². The number of piperidine rings is 1. The van der Waals surface area contributed by atoms with Crippen molar-refractivity contribution < 1.29 is 0 Å². The second-order valence-electron chi connectivity index (χ2n) is 4.60. The molecule has 0 aromatic carbocycles. The lowest BCUT2D eigenvalue weighted by Gasteiger charge is -2.35. The van der Waals surface area contributed by atoms with Crippen LogP contribution in [-0.4, -0.2) is 38.9 Å². The van der Waals surface area contributed by atoms with Gasteiger partial charge in [-0.1, -0.05) is 0 Å². The number of fused-ring (bicyclic) bond motifs is 1. The van der Waals surface area contributed by atoms with Gasteiger partial charge in [0.25, 0.3) is 0 Å². The predicted molar refractivity (Wildman–Crippen MR) is 67.8 cm³/mol. The molecule has 2 atom stereocenters. The molecule has 3 heterocycles. The van der Waals surface area contributed by atoms with Crippen molar-refractivity contribution in [1.82, 2.24) is 19.2 Å². The SMILES string of the molecule is CN1CC(N)CCC1c1ncnc2sncc12. The first kappa shape index (κ1) is 11.0. The number of likely N-dealkylation sites (tertiary alicyclic amines) is 1. The zero-order chi connectivity index (χ0) is 11.8. The van der Waals surface area contributed by atoms with Crippen molar-refractivity contribution in [2.24, 2.45) is 5.73 Å². The van der Waals surface area contributed by atoms with Crippen molar-refractivity contribution in [3.8, 4) is 0 Å². The molecule has 2 aromatic rings. The van der Waals surface area contributed by atoms with Crippen LogP contribution < -0.4 is 5.73 Å². The highest BCUT2D eigenvalue weighted by Crippen LogP contribution is 2.32. The van der Waals surface area contributed by atoms with Gasteiger partial charge in [-0.25, -0.2) is 9.97 Å². The molecule has 0 spiro atoms. The lowest BCUT2D eigenvalue weighted by atomic mass is 9.96. The molecule has 0 radical (unpaired) electrons. The molecule has 0 amide bonds. The van der Waals surface area contributed by atoms with Gasteiger partial charge in [-0.2, -0.15) is 4.37 Å². The zero-order valence-electron chi connectivity index (χ0n) is 9.71. The standard InChI is InChI=1S/C11H15N5S/c1-16-5-7(12)2-3-9(16)10-8-4-15-17-11(8)14-6-13-10/h4,6-7,9H,2-3,5,12H2,1H3. The fourth-order valence-electron chi connectivity index (χ4n) is 2.51. The zero-order valence-corrected chi connectivity index (χ0v) is 10.5. The highest BCUT2D eigenvalue weighted by Gasteiger charge is 2.27. The Hall–Kier alpha value is -1.11. The molecule has 5 nitrogen and oxygen atoms in total. The molecular formula is C11H15N5S. The van der Waals surface area contributed by atoms with Crippen molar-refractivity contribution in [2.45, 2.75) is 24.9 Å². The first-order valence-corrected chi connectivity index (χ1v) is 6.54. The lowest BCUT2D eigenvalue weighted by molar-refractivity contribution is 0.167. The van der Waals surface area contributed by atoms with Gasteiger partial charge in [-0.05, 0) is 31.4 Å². The minimum atomic E-state index is 0.286. The van der Waals surface area contributed by atoms with Gasteiger partial charge < -0.3 is 5.73 Å². The average molecular weight is 249 g/mol. The highest BCUT2D eigenvalue weighted by molar-refractivity contribution is 7.12. The second kappa shape index (κ2) is 4.29. The normalized spacial score (nSPS) is 26.5. The smallest absolute Gasteiger partial charge is 0.147 e. The van der Waals surface area contributed by atoms with Crippen LogP contribution in [-0.2, 0) is 0 Å². The van der Waals surface area contributed by atoms with Crippen molar-refractivity contribution in [3.63, 3.8) is 0 Å². The number of hydrogen-bond donors (Lipinski definition) is 1. The molecule has 6 heteroatoms. The Morgan fingerprint density at radius 2 is 2.29 bits per heavy atom. The van der Waals surface area contributed by atoms with Crippen molar-refractivity contribution in [2.75, 3.05) is 13.6 Å². The third-order valence-corrected chi connectivity index (χ3v) is 4.09. The summed E-state index contributed by atoms with van der Waals surface area (Å²) in [5, 5.41) is 1.09. The molecule has 1 aliphatic heterocycles. The van der Waals surface area contributed by atoms with E-state index < -0.39 is 0 Å². The van der Waals surface area contributed by atoms with Gasteiger partial charge in [0, 0.05) is 12.6 Å². The van der Waals surface area contributed by atoms with Gasteiger partial charge in [-0.3, -0.25) is 4.90 Å². The van der Waals surface area contributed by atoms with E-state index in [1.807, 2.05) is 6.20 Å². The van der Waals surface area contributed by atoms with Crippen molar-refractivity contribution in [1.29, 1.82) is 0 Å². The van der Waals surface area contributed by atoms with Crippen LogP contribution >= 0.6 is 11.5 Å². The van der Waals surface area contributed by atoms with Gasteiger partial charge >= 0.3 is 0 Å². The minimum absolute atomic E-state index is 0.286. The minimum Gasteiger partial charge on any atom is -0.327 e. The van der Waals surface area contributed by atoms with E-state index in [4.69, 9.17) is 5.73 Å². The Balaban J connectivity index is 2.00. The first-order valence-electron chi connectivity index (χ1n) is 5.77. The number of hydrogen-bond acceptors (Lipinski definition) is 6. The van der Waals surface area contributed by atoms with Crippen molar-refractivity contribution in [3.05, 3.63) is 18.2 Å². The summed E-state index contributed by atoms with van der Waals surface area (Å²) in [7, 11) is 2.11. The molecule has 1 saturated heterocycles. The Kier molecular flexibility index (Phi) is 2.78. The van der Waals surface area contributed by atoms with Crippen molar-refractivity contribution >= 4 is 21.7 Å². The van der Waals surface area contributed by atoms with Crippen LogP contribution in [0.5, 0.6) is 0 Å². The summed E-state index contributed by atoms with van der Waals surface area (Å²) >= 11 is 1.42.